The summed E-state index contributed by atoms with van der Waals surface area (Å²) in [6, 6.07) is 16.5. The molecule has 0 saturated heterocycles. The van der Waals surface area contributed by atoms with Crippen LogP contribution in [0.5, 0.6) is 17.2 Å². The van der Waals surface area contributed by atoms with E-state index in [1.54, 1.807) is 36.9 Å². The molecule has 2 aromatic heterocycles. The number of amides is 1. The smallest absolute Gasteiger partial charge is 0.234 e. The van der Waals surface area contributed by atoms with E-state index in [4.69, 9.17) is 14.2 Å². The molecule has 0 unspecified atom stereocenters. The van der Waals surface area contributed by atoms with Gasteiger partial charge in [0.15, 0.2) is 11.5 Å². The molecule has 1 N–H and O–H groups in total. The molecule has 9 nitrogen and oxygen atoms in total. The first-order valence-corrected chi connectivity index (χ1v) is 11.2. The first kappa shape index (κ1) is 22.4. The van der Waals surface area contributed by atoms with E-state index in [1.165, 1.54) is 11.8 Å². The molecule has 2 aromatic carbocycles. The van der Waals surface area contributed by atoms with Crippen molar-refractivity contribution < 1.29 is 19.0 Å². The van der Waals surface area contributed by atoms with Crippen molar-refractivity contribution in [2.45, 2.75) is 11.9 Å². The Morgan fingerprint density at radius 3 is 2.52 bits per heavy atom. The predicted octanol–water partition coefficient (Wildman–Crippen LogP) is 3.94. The van der Waals surface area contributed by atoms with Gasteiger partial charge < -0.3 is 19.5 Å². The van der Waals surface area contributed by atoms with E-state index >= 15 is 0 Å². The quantitative estimate of drug-likeness (QED) is 0.371. The lowest BCUT2D eigenvalue weighted by Gasteiger charge is -2.11. The summed E-state index contributed by atoms with van der Waals surface area (Å²) in [5, 5.41) is 16.6. The number of methoxy groups -OCH3 is 2. The van der Waals surface area contributed by atoms with Crippen LogP contribution in [0, 0.1) is 0 Å². The highest BCUT2D eigenvalue weighted by atomic mass is 32.2. The van der Waals surface area contributed by atoms with Crippen LogP contribution in [0.2, 0.25) is 0 Å². The highest BCUT2D eigenvalue weighted by molar-refractivity contribution is 7.99. The van der Waals surface area contributed by atoms with Gasteiger partial charge in [0.25, 0.3) is 0 Å². The molecular weight excluding hydrogens is 442 g/mol. The van der Waals surface area contributed by atoms with Gasteiger partial charge in [0.1, 0.15) is 22.3 Å². The van der Waals surface area contributed by atoms with Gasteiger partial charge in [0.2, 0.25) is 5.91 Å². The second kappa shape index (κ2) is 10.2. The van der Waals surface area contributed by atoms with Crippen LogP contribution in [0.4, 0.5) is 5.69 Å². The molecule has 4 aromatic rings. The molecule has 0 aliphatic carbocycles. The summed E-state index contributed by atoms with van der Waals surface area (Å²) < 4.78 is 17.7. The van der Waals surface area contributed by atoms with Gasteiger partial charge in [-0.25, -0.2) is 0 Å². The van der Waals surface area contributed by atoms with Gasteiger partial charge in [-0.05, 0) is 55.5 Å². The first-order chi connectivity index (χ1) is 16.1. The molecule has 10 heteroatoms. The van der Waals surface area contributed by atoms with Crippen LogP contribution in [-0.4, -0.2) is 52.3 Å². The number of thioether (sulfide) groups is 1. The average Bonchev–Trinajstić information content (AvgIpc) is 3.26. The van der Waals surface area contributed by atoms with Crippen LogP contribution >= 0.6 is 11.8 Å². The molecule has 0 bridgehead atoms. The number of hydrogen-bond donors (Lipinski definition) is 1. The number of hydrogen-bond acceptors (Lipinski definition) is 8. The van der Waals surface area contributed by atoms with Crippen LogP contribution in [0.15, 0.2) is 59.6 Å². The summed E-state index contributed by atoms with van der Waals surface area (Å²) in [7, 11) is 3.12. The number of carbonyl (C=O) groups is 1. The standard InChI is InChI=1S/C23H23N5O4S/c1-4-32-16-7-5-15(6-8-16)23-26-25-20-11-12-22(27-28(20)23)33-14-21(29)24-18-13-17(30-2)9-10-19(18)31-3/h5-13H,4,14H2,1-3H3,(H,24,29). The third kappa shape index (κ3) is 5.17. The molecule has 2 heterocycles. The topological polar surface area (TPSA) is 99.9 Å². The minimum absolute atomic E-state index is 0.166. The summed E-state index contributed by atoms with van der Waals surface area (Å²) >= 11 is 1.31. The minimum Gasteiger partial charge on any atom is -0.497 e. The lowest BCUT2D eigenvalue weighted by molar-refractivity contribution is -0.113. The minimum atomic E-state index is -0.191. The number of rotatable bonds is 9. The maximum atomic E-state index is 12.5. The van der Waals surface area contributed by atoms with Gasteiger partial charge in [-0.2, -0.15) is 9.61 Å². The molecule has 0 spiro atoms. The second-order valence-corrected chi connectivity index (χ2v) is 7.82. The zero-order chi connectivity index (χ0) is 23.2. The Labute approximate surface area is 195 Å². The van der Waals surface area contributed by atoms with E-state index in [9.17, 15) is 4.79 Å². The van der Waals surface area contributed by atoms with Crippen molar-refractivity contribution in [2.24, 2.45) is 0 Å². The van der Waals surface area contributed by atoms with E-state index in [0.29, 0.717) is 40.3 Å². The van der Waals surface area contributed by atoms with E-state index < -0.39 is 0 Å². The summed E-state index contributed by atoms with van der Waals surface area (Å²) in [5.74, 6) is 2.56. The number of nitrogens with one attached hydrogen (secondary N) is 1. The van der Waals surface area contributed by atoms with Crippen molar-refractivity contribution in [3.8, 4) is 28.6 Å². The highest BCUT2D eigenvalue weighted by Gasteiger charge is 2.13. The average molecular weight is 466 g/mol. The number of anilines is 1. The van der Waals surface area contributed by atoms with E-state index in [-0.39, 0.29) is 11.7 Å². The predicted molar refractivity (Wildman–Crippen MR) is 126 cm³/mol. The Morgan fingerprint density at radius 2 is 1.79 bits per heavy atom. The molecule has 0 aliphatic heterocycles. The Balaban J connectivity index is 1.47. The largest absolute Gasteiger partial charge is 0.497 e. The first-order valence-electron chi connectivity index (χ1n) is 10.2. The van der Waals surface area contributed by atoms with Gasteiger partial charge in [0.05, 0.1) is 32.3 Å². The van der Waals surface area contributed by atoms with E-state index in [1.807, 2.05) is 43.3 Å². The van der Waals surface area contributed by atoms with Crippen LogP contribution in [0.1, 0.15) is 6.92 Å². The summed E-state index contributed by atoms with van der Waals surface area (Å²) in [6.07, 6.45) is 0. The third-order valence-electron chi connectivity index (χ3n) is 4.69. The number of benzene rings is 2. The molecule has 0 atom stereocenters. The summed E-state index contributed by atoms with van der Waals surface area (Å²) in [4.78, 5) is 12.5. The highest BCUT2D eigenvalue weighted by Crippen LogP contribution is 2.29. The lowest BCUT2D eigenvalue weighted by Crippen LogP contribution is -2.15. The number of carbonyl (C=O) groups excluding carboxylic acids is 1. The van der Waals surface area contributed by atoms with Gasteiger partial charge in [0, 0.05) is 11.6 Å². The van der Waals surface area contributed by atoms with Crippen molar-refractivity contribution in [3.63, 3.8) is 0 Å². The molecule has 0 fully saturated rings. The Bertz CT molecular complexity index is 1260. The van der Waals surface area contributed by atoms with Crippen LogP contribution in [-0.2, 0) is 4.79 Å². The second-order valence-electron chi connectivity index (χ2n) is 6.83. The third-order valence-corrected chi connectivity index (χ3v) is 5.61. The maximum Gasteiger partial charge on any atom is 0.234 e. The fourth-order valence-corrected chi connectivity index (χ4v) is 3.79. The van der Waals surface area contributed by atoms with Gasteiger partial charge in [-0.1, -0.05) is 11.8 Å². The van der Waals surface area contributed by atoms with E-state index in [0.717, 1.165) is 11.3 Å². The fraction of sp³-hybridized carbons (Fsp3) is 0.217. The van der Waals surface area contributed by atoms with E-state index in [2.05, 4.69) is 20.6 Å². The van der Waals surface area contributed by atoms with Crippen LogP contribution in [0.3, 0.4) is 0 Å². The number of fused-ring (bicyclic) bond motifs is 1. The van der Waals surface area contributed by atoms with Crippen molar-refractivity contribution in [2.75, 3.05) is 31.9 Å². The van der Waals surface area contributed by atoms with Crippen molar-refractivity contribution in [1.29, 1.82) is 0 Å². The number of nitrogens with zero attached hydrogens (tertiary/aromatic N) is 4. The SMILES string of the molecule is CCOc1ccc(-c2nnc3ccc(SCC(=O)Nc4cc(OC)ccc4OC)nn23)cc1. The summed E-state index contributed by atoms with van der Waals surface area (Å²) in [6.45, 7) is 2.55. The number of ether oxygens (including phenoxy) is 3. The normalized spacial score (nSPS) is 10.8. The van der Waals surface area contributed by atoms with Gasteiger partial charge in [-0.3, -0.25) is 4.79 Å². The van der Waals surface area contributed by atoms with Crippen molar-refractivity contribution in [3.05, 3.63) is 54.6 Å². The van der Waals surface area contributed by atoms with Crippen LogP contribution in [0.25, 0.3) is 17.0 Å². The zero-order valence-corrected chi connectivity index (χ0v) is 19.3. The molecule has 4 rings (SSSR count). The van der Waals surface area contributed by atoms with Crippen molar-refractivity contribution in [1.82, 2.24) is 19.8 Å². The van der Waals surface area contributed by atoms with Crippen molar-refractivity contribution >= 4 is 29.0 Å². The molecule has 1 amide bonds. The monoisotopic (exact) mass is 465 g/mol. The Hall–Kier alpha value is -3.79. The van der Waals surface area contributed by atoms with Crippen LogP contribution < -0.4 is 19.5 Å². The van der Waals surface area contributed by atoms with Gasteiger partial charge in [-0.15, -0.1) is 10.2 Å². The maximum absolute atomic E-state index is 12.5. The molecule has 0 saturated carbocycles. The number of aromatic nitrogens is 4. The molecule has 33 heavy (non-hydrogen) atoms. The lowest BCUT2D eigenvalue weighted by atomic mass is 10.2. The molecular formula is C23H23N5O4S. The Morgan fingerprint density at radius 1 is 1.00 bits per heavy atom. The van der Waals surface area contributed by atoms with Gasteiger partial charge >= 0.3 is 0 Å². The fourth-order valence-electron chi connectivity index (χ4n) is 3.13. The molecule has 170 valence electrons. The summed E-state index contributed by atoms with van der Waals surface area (Å²) in [5.41, 5.74) is 2.03. The Kier molecular flexibility index (Phi) is 6.94. The molecule has 0 aliphatic rings. The zero-order valence-electron chi connectivity index (χ0n) is 18.4. The molecule has 0 radical (unpaired) electrons.